The highest BCUT2D eigenvalue weighted by molar-refractivity contribution is 6.31. The maximum atomic E-state index is 12.1. The van der Waals surface area contributed by atoms with Gasteiger partial charge < -0.3 is 9.30 Å². The molecule has 0 fully saturated rings. The van der Waals surface area contributed by atoms with E-state index in [1.54, 1.807) is 6.07 Å². The molecular weight excluding hydrogens is 440 g/mol. The Balaban J connectivity index is 1.79. The molecule has 3 aromatic rings. The topological polar surface area (TPSA) is 62.6 Å². The molecule has 0 aliphatic carbocycles. The zero-order chi connectivity index (χ0) is 24.0. The fourth-order valence-corrected chi connectivity index (χ4v) is 3.77. The smallest absolute Gasteiger partial charge is 0.355 e. The third-order valence-corrected chi connectivity index (χ3v) is 5.54. The van der Waals surface area contributed by atoms with Crippen molar-refractivity contribution < 1.29 is 19.3 Å². The van der Waals surface area contributed by atoms with Gasteiger partial charge in [0.25, 0.3) is 0 Å². The SMILES string of the molecule is CCCCCOc1ccc(Cn2c(C)nc3cccc(OOC(=O)CC(C)(C)C)c32)c(Cl)c1. The van der Waals surface area contributed by atoms with Gasteiger partial charge in [-0.05, 0) is 48.6 Å². The molecule has 0 radical (unpaired) electrons. The number of ether oxygens (including phenoxy) is 1. The van der Waals surface area contributed by atoms with Crippen LogP contribution < -0.4 is 9.62 Å². The van der Waals surface area contributed by atoms with E-state index in [0.29, 0.717) is 23.9 Å². The van der Waals surface area contributed by atoms with Crippen LogP contribution >= 0.6 is 11.6 Å². The number of para-hydroxylation sites is 1. The Morgan fingerprint density at radius 3 is 2.64 bits per heavy atom. The maximum absolute atomic E-state index is 12.1. The molecule has 0 amide bonds. The number of nitrogens with zero attached hydrogens (tertiary/aromatic N) is 2. The molecule has 3 rings (SSSR count). The number of carbonyl (C=O) groups is 1. The molecule has 0 spiro atoms. The quantitative estimate of drug-likeness (QED) is 0.182. The summed E-state index contributed by atoms with van der Waals surface area (Å²) in [6.07, 6.45) is 3.58. The number of hydrogen-bond donors (Lipinski definition) is 0. The van der Waals surface area contributed by atoms with E-state index in [4.69, 9.17) is 26.1 Å². The lowest BCUT2D eigenvalue weighted by Crippen LogP contribution is -2.17. The molecular formula is C26H33ClN2O4. The summed E-state index contributed by atoms with van der Waals surface area (Å²) in [5.41, 5.74) is 2.24. The van der Waals surface area contributed by atoms with Gasteiger partial charge in [-0.15, -0.1) is 0 Å². The number of halogens is 1. The molecule has 1 aromatic heterocycles. The Labute approximate surface area is 200 Å². The van der Waals surface area contributed by atoms with Crippen molar-refractivity contribution in [3.63, 3.8) is 0 Å². The number of unbranched alkanes of at least 4 members (excludes halogenated alkanes) is 2. The molecule has 33 heavy (non-hydrogen) atoms. The summed E-state index contributed by atoms with van der Waals surface area (Å²) in [4.78, 5) is 27.3. The van der Waals surface area contributed by atoms with Crippen LogP contribution in [0, 0.1) is 12.3 Å². The predicted octanol–water partition coefficient (Wildman–Crippen LogP) is 6.89. The Bertz CT molecular complexity index is 1100. The predicted molar refractivity (Wildman–Crippen MR) is 131 cm³/mol. The molecule has 1 heterocycles. The molecule has 0 saturated heterocycles. The number of hydrogen-bond acceptors (Lipinski definition) is 5. The minimum absolute atomic E-state index is 0.187. The van der Waals surface area contributed by atoms with Gasteiger partial charge in [-0.25, -0.2) is 9.78 Å². The second-order valence-electron chi connectivity index (χ2n) is 9.45. The van der Waals surface area contributed by atoms with E-state index in [1.165, 1.54) is 0 Å². The van der Waals surface area contributed by atoms with Gasteiger partial charge >= 0.3 is 5.97 Å². The van der Waals surface area contributed by atoms with Crippen LogP contribution in [0.15, 0.2) is 36.4 Å². The standard InChI is InChI=1S/C26H33ClN2O4/c1-6-7-8-14-31-20-13-12-19(21(27)15-20)17-29-18(2)28-22-10-9-11-23(25(22)29)32-33-24(30)16-26(3,4)5/h9-13,15H,6-8,14,16-17H2,1-5H3. The summed E-state index contributed by atoms with van der Waals surface area (Å²) >= 11 is 6.58. The van der Waals surface area contributed by atoms with Crippen LogP contribution in [-0.4, -0.2) is 22.1 Å². The first-order chi connectivity index (χ1) is 15.7. The van der Waals surface area contributed by atoms with Gasteiger partial charge in [-0.3, -0.25) is 9.78 Å². The van der Waals surface area contributed by atoms with Crippen LogP contribution in [0.25, 0.3) is 11.0 Å². The third-order valence-electron chi connectivity index (χ3n) is 5.19. The van der Waals surface area contributed by atoms with Crippen LogP contribution in [0.1, 0.15) is 64.8 Å². The van der Waals surface area contributed by atoms with Crippen LogP contribution in [0.3, 0.4) is 0 Å². The highest BCUT2D eigenvalue weighted by atomic mass is 35.5. The van der Waals surface area contributed by atoms with E-state index in [0.717, 1.165) is 47.4 Å². The summed E-state index contributed by atoms with van der Waals surface area (Å²) in [5.74, 6) is 1.59. The number of aryl methyl sites for hydroxylation is 1. The first-order valence-electron chi connectivity index (χ1n) is 11.4. The number of aromatic nitrogens is 2. The fourth-order valence-electron chi connectivity index (χ4n) is 3.54. The summed E-state index contributed by atoms with van der Waals surface area (Å²) in [6, 6.07) is 11.2. The molecule has 0 aliphatic heterocycles. The lowest BCUT2D eigenvalue weighted by atomic mass is 9.93. The van der Waals surface area contributed by atoms with Crippen molar-refractivity contribution in [2.45, 2.75) is 66.8 Å². The lowest BCUT2D eigenvalue weighted by molar-refractivity contribution is -0.215. The molecule has 0 aliphatic rings. The van der Waals surface area contributed by atoms with E-state index in [2.05, 4.69) is 11.9 Å². The van der Waals surface area contributed by atoms with Gasteiger partial charge in [0.05, 0.1) is 25.1 Å². The van der Waals surface area contributed by atoms with Gasteiger partial charge in [0, 0.05) is 5.02 Å². The zero-order valence-corrected chi connectivity index (χ0v) is 20.9. The first kappa shape index (κ1) is 24.9. The molecule has 0 unspecified atom stereocenters. The van der Waals surface area contributed by atoms with Crippen LogP contribution in [0.4, 0.5) is 0 Å². The molecule has 6 nitrogen and oxygen atoms in total. The van der Waals surface area contributed by atoms with Gasteiger partial charge in [-0.1, -0.05) is 64.3 Å². The van der Waals surface area contributed by atoms with Crippen LogP contribution in [-0.2, 0) is 16.2 Å². The summed E-state index contributed by atoms with van der Waals surface area (Å²) in [5, 5.41) is 0.624. The first-order valence-corrected chi connectivity index (χ1v) is 11.8. The molecule has 0 saturated carbocycles. The van der Waals surface area contributed by atoms with Crippen molar-refractivity contribution in [3.8, 4) is 11.5 Å². The molecule has 7 heteroatoms. The van der Waals surface area contributed by atoms with Crippen molar-refractivity contribution in [2.24, 2.45) is 5.41 Å². The highest BCUT2D eigenvalue weighted by Gasteiger charge is 2.20. The Hall–Kier alpha value is -2.73. The van der Waals surface area contributed by atoms with Crippen LogP contribution in [0.2, 0.25) is 5.02 Å². The zero-order valence-electron chi connectivity index (χ0n) is 20.1. The number of fused-ring (bicyclic) bond motifs is 1. The van der Waals surface area contributed by atoms with Crippen molar-refractivity contribution in [3.05, 3.63) is 52.8 Å². The Kier molecular flexibility index (Phi) is 8.25. The molecule has 0 N–H and O–H groups in total. The van der Waals surface area contributed by atoms with E-state index in [1.807, 2.05) is 62.6 Å². The van der Waals surface area contributed by atoms with E-state index in [9.17, 15) is 4.79 Å². The van der Waals surface area contributed by atoms with E-state index >= 15 is 0 Å². The second kappa shape index (κ2) is 10.9. The van der Waals surface area contributed by atoms with Crippen molar-refractivity contribution >= 4 is 28.6 Å². The van der Waals surface area contributed by atoms with Crippen molar-refractivity contribution in [2.75, 3.05) is 6.61 Å². The number of imidazole rings is 1. The number of rotatable bonds is 10. The van der Waals surface area contributed by atoms with Gasteiger partial charge in [0.15, 0.2) is 0 Å². The maximum Gasteiger partial charge on any atom is 0.355 e. The van der Waals surface area contributed by atoms with Crippen molar-refractivity contribution in [1.29, 1.82) is 0 Å². The fraction of sp³-hybridized carbons (Fsp3) is 0.462. The number of benzene rings is 2. The summed E-state index contributed by atoms with van der Waals surface area (Å²) in [7, 11) is 0. The van der Waals surface area contributed by atoms with Crippen LogP contribution in [0.5, 0.6) is 11.5 Å². The third kappa shape index (κ3) is 6.87. The van der Waals surface area contributed by atoms with E-state index in [-0.39, 0.29) is 11.8 Å². The molecule has 0 atom stereocenters. The minimum atomic E-state index is -0.417. The summed E-state index contributed by atoms with van der Waals surface area (Å²) in [6.45, 7) is 11.2. The normalized spacial score (nSPS) is 11.6. The van der Waals surface area contributed by atoms with Gasteiger partial charge in [0.1, 0.15) is 17.1 Å². The van der Waals surface area contributed by atoms with Gasteiger partial charge in [-0.2, -0.15) is 0 Å². The largest absolute Gasteiger partial charge is 0.494 e. The Morgan fingerprint density at radius 1 is 1.15 bits per heavy atom. The lowest BCUT2D eigenvalue weighted by Gasteiger charge is -2.16. The minimum Gasteiger partial charge on any atom is -0.494 e. The average Bonchev–Trinajstić information content (AvgIpc) is 3.06. The van der Waals surface area contributed by atoms with Crippen molar-refractivity contribution in [1.82, 2.24) is 9.55 Å². The Morgan fingerprint density at radius 2 is 1.94 bits per heavy atom. The average molecular weight is 473 g/mol. The monoisotopic (exact) mass is 472 g/mol. The number of carbonyl (C=O) groups excluding carboxylic acids is 1. The molecule has 0 bridgehead atoms. The van der Waals surface area contributed by atoms with E-state index < -0.39 is 5.97 Å². The molecule has 2 aromatic carbocycles. The second-order valence-corrected chi connectivity index (χ2v) is 9.86. The van der Waals surface area contributed by atoms with Gasteiger partial charge in [0.2, 0.25) is 5.75 Å². The summed E-state index contributed by atoms with van der Waals surface area (Å²) < 4.78 is 7.81. The highest BCUT2D eigenvalue weighted by Crippen LogP contribution is 2.30. The molecule has 178 valence electrons.